The third kappa shape index (κ3) is 3.00. The standard InChI is InChI=1S/C21H19N7O2/c1-2-20(30)27-11-15(18(12-27)28-8-7-22-26-28)16-9-13-10-17(24-25-21(13)23-16)14-5-3-4-6-19(14)29/h2-10,15,18,29H,1,11-12H2,(H,23,25)/t15-,18-/m1/s1. The highest BCUT2D eigenvalue weighted by Crippen LogP contribution is 2.37. The minimum Gasteiger partial charge on any atom is -0.507 e. The lowest BCUT2D eigenvalue weighted by molar-refractivity contribution is -0.125. The number of fused-ring (bicyclic) bond motifs is 1. The molecule has 1 saturated heterocycles. The maximum atomic E-state index is 12.2. The molecule has 0 radical (unpaired) electrons. The highest BCUT2D eigenvalue weighted by atomic mass is 16.3. The Kier molecular flexibility index (Phi) is 4.27. The van der Waals surface area contributed by atoms with E-state index in [1.165, 1.54) is 6.08 Å². The first-order valence-electron chi connectivity index (χ1n) is 9.56. The number of aromatic nitrogens is 6. The van der Waals surface area contributed by atoms with Gasteiger partial charge in [0.15, 0.2) is 5.65 Å². The fraction of sp³-hybridized carbons (Fsp3) is 0.190. The molecule has 2 atom stereocenters. The smallest absolute Gasteiger partial charge is 0.246 e. The van der Waals surface area contributed by atoms with Crippen LogP contribution in [0.5, 0.6) is 5.75 Å². The number of aromatic hydroxyl groups is 1. The quantitative estimate of drug-likeness (QED) is 0.507. The molecule has 0 bridgehead atoms. The van der Waals surface area contributed by atoms with Crippen LogP contribution in [0.2, 0.25) is 0 Å². The van der Waals surface area contributed by atoms with Crippen LogP contribution in [0.3, 0.4) is 0 Å². The first-order valence-corrected chi connectivity index (χ1v) is 9.56. The lowest BCUT2D eigenvalue weighted by Gasteiger charge is -2.16. The van der Waals surface area contributed by atoms with E-state index >= 15 is 0 Å². The Morgan fingerprint density at radius 3 is 2.87 bits per heavy atom. The van der Waals surface area contributed by atoms with Crippen LogP contribution in [0.15, 0.2) is 61.4 Å². The number of likely N-dealkylation sites (tertiary alicyclic amines) is 1. The Balaban J connectivity index is 1.53. The lowest BCUT2D eigenvalue weighted by atomic mass is 10.00. The number of H-pyrrole nitrogens is 1. The second kappa shape index (κ2) is 7.11. The molecule has 9 nitrogen and oxygen atoms in total. The fourth-order valence-electron chi connectivity index (χ4n) is 4.04. The van der Waals surface area contributed by atoms with Gasteiger partial charge in [-0.15, -0.1) is 15.3 Å². The van der Waals surface area contributed by atoms with Crippen LogP contribution in [-0.4, -0.2) is 59.2 Å². The molecule has 1 aliphatic heterocycles. The van der Waals surface area contributed by atoms with Gasteiger partial charge in [-0.1, -0.05) is 23.9 Å². The fourth-order valence-corrected chi connectivity index (χ4v) is 4.04. The van der Waals surface area contributed by atoms with Gasteiger partial charge in [0.2, 0.25) is 5.91 Å². The number of hydrogen-bond donors (Lipinski definition) is 2. The number of benzene rings is 1. The van der Waals surface area contributed by atoms with Crippen molar-refractivity contribution in [1.82, 2.24) is 35.1 Å². The van der Waals surface area contributed by atoms with Crippen LogP contribution in [0, 0.1) is 0 Å². The Morgan fingerprint density at radius 2 is 2.10 bits per heavy atom. The third-order valence-electron chi connectivity index (χ3n) is 5.53. The van der Waals surface area contributed by atoms with Gasteiger partial charge in [0.1, 0.15) is 5.75 Å². The van der Waals surface area contributed by atoms with Gasteiger partial charge >= 0.3 is 0 Å². The number of hydrogen-bond acceptors (Lipinski definition) is 6. The van der Waals surface area contributed by atoms with E-state index < -0.39 is 0 Å². The number of amides is 1. The Morgan fingerprint density at radius 1 is 1.23 bits per heavy atom. The maximum absolute atomic E-state index is 12.2. The summed E-state index contributed by atoms with van der Waals surface area (Å²) in [6.45, 7) is 4.65. The first-order chi connectivity index (χ1) is 14.6. The molecule has 1 fully saturated rings. The molecule has 0 unspecified atom stereocenters. The largest absolute Gasteiger partial charge is 0.507 e. The van der Waals surface area contributed by atoms with E-state index in [9.17, 15) is 9.90 Å². The van der Waals surface area contributed by atoms with E-state index in [4.69, 9.17) is 0 Å². The molecule has 3 aromatic heterocycles. The van der Waals surface area contributed by atoms with Crippen molar-refractivity contribution in [3.8, 4) is 17.0 Å². The number of nitrogens with zero attached hydrogens (tertiary/aromatic N) is 6. The number of aromatic amines is 1. The van der Waals surface area contributed by atoms with Crippen LogP contribution < -0.4 is 0 Å². The van der Waals surface area contributed by atoms with Gasteiger partial charge in [-0.2, -0.15) is 0 Å². The molecule has 0 saturated carbocycles. The van der Waals surface area contributed by atoms with Crippen molar-refractivity contribution < 1.29 is 9.90 Å². The summed E-state index contributed by atoms with van der Waals surface area (Å²) in [6, 6.07) is 10.9. The minimum absolute atomic E-state index is 0.0154. The molecule has 1 amide bonds. The molecule has 0 aliphatic carbocycles. The Bertz CT molecular complexity index is 1230. The van der Waals surface area contributed by atoms with Crippen molar-refractivity contribution >= 4 is 16.9 Å². The zero-order chi connectivity index (χ0) is 20.7. The van der Waals surface area contributed by atoms with Crippen molar-refractivity contribution in [2.24, 2.45) is 0 Å². The van der Waals surface area contributed by atoms with Crippen molar-refractivity contribution in [3.63, 3.8) is 0 Å². The molecule has 1 aromatic carbocycles. The molecule has 9 heteroatoms. The zero-order valence-corrected chi connectivity index (χ0v) is 16.0. The number of rotatable bonds is 4. The van der Waals surface area contributed by atoms with E-state index in [2.05, 4.69) is 32.1 Å². The predicted octanol–water partition coefficient (Wildman–Crippen LogP) is 2.28. The lowest BCUT2D eigenvalue weighted by Crippen LogP contribution is -2.27. The van der Waals surface area contributed by atoms with Gasteiger partial charge in [0.25, 0.3) is 0 Å². The van der Waals surface area contributed by atoms with Crippen LogP contribution in [0.25, 0.3) is 22.3 Å². The van der Waals surface area contributed by atoms with Crippen LogP contribution >= 0.6 is 0 Å². The summed E-state index contributed by atoms with van der Waals surface area (Å²) >= 11 is 0. The molecule has 0 spiro atoms. The molecular weight excluding hydrogens is 382 g/mol. The Labute approximate surface area is 171 Å². The highest BCUT2D eigenvalue weighted by Gasteiger charge is 2.38. The molecule has 30 heavy (non-hydrogen) atoms. The number of para-hydroxylation sites is 1. The summed E-state index contributed by atoms with van der Waals surface area (Å²) in [5.74, 6) is 0.0289. The van der Waals surface area contributed by atoms with Crippen LogP contribution in [0.1, 0.15) is 17.7 Å². The first kappa shape index (κ1) is 18.0. The van der Waals surface area contributed by atoms with E-state index in [1.54, 1.807) is 40.2 Å². The number of carbonyl (C=O) groups excluding carboxylic acids is 1. The molecule has 150 valence electrons. The second-order valence-corrected chi connectivity index (χ2v) is 7.28. The van der Waals surface area contributed by atoms with Crippen LogP contribution in [0.4, 0.5) is 0 Å². The summed E-state index contributed by atoms with van der Waals surface area (Å²) in [5.41, 5.74) is 2.80. The minimum atomic E-state index is -0.111. The maximum Gasteiger partial charge on any atom is 0.246 e. The van der Waals surface area contributed by atoms with E-state index in [0.29, 0.717) is 30.0 Å². The van der Waals surface area contributed by atoms with Crippen LogP contribution in [-0.2, 0) is 4.79 Å². The molecule has 5 rings (SSSR count). The van der Waals surface area contributed by atoms with Gasteiger partial charge < -0.3 is 15.0 Å². The molecule has 2 N–H and O–H groups in total. The molecule has 1 aliphatic rings. The van der Waals surface area contributed by atoms with E-state index in [0.717, 1.165) is 11.1 Å². The summed E-state index contributed by atoms with van der Waals surface area (Å²) < 4.78 is 1.78. The number of carbonyl (C=O) groups is 1. The van der Waals surface area contributed by atoms with Crippen molar-refractivity contribution in [1.29, 1.82) is 0 Å². The van der Waals surface area contributed by atoms with Crippen molar-refractivity contribution in [2.45, 2.75) is 12.0 Å². The second-order valence-electron chi connectivity index (χ2n) is 7.28. The molecule has 4 aromatic rings. The van der Waals surface area contributed by atoms with Gasteiger partial charge in [-0.05, 0) is 30.3 Å². The number of nitrogens with one attached hydrogen (secondary N) is 1. The van der Waals surface area contributed by atoms with Gasteiger partial charge in [-0.3, -0.25) is 4.79 Å². The molecule has 4 heterocycles. The zero-order valence-electron chi connectivity index (χ0n) is 16.0. The number of phenols is 1. The normalized spacial score (nSPS) is 18.7. The van der Waals surface area contributed by atoms with E-state index in [-0.39, 0.29) is 23.6 Å². The van der Waals surface area contributed by atoms with Crippen molar-refractivity contribution in [3.05, 3.63) is 67.1 Å². The highest BCUT2D eigenvalue weighted by molar-refractivity contribution is 5.87. The summed E-state index contributed by atoms with van der Waals surface area (Å²) in [6.07, 6.45) is 4.76. The third-order valence-corrected chi connectivity index (χ3v) is 5.53. The summed E-state index contributed by atoms with van der Waals surface area (Å²) in [4.78, 5) is 17.3. The molecular formula is C21H19N7O2. The van der Waals surface area contributed by atoms with Gasteiger partial charge in [0.05, 0.1) is 17.9 Å². The monoisotopic (exact) mass is 401 g/mol. The Hall–Kier alpha value is -4.01. The van der Waals surface area contributed by atoms with E-state index in [1.807, 2.05) is 18.2 Å². The van der Waals surface area contributed by atoms with Gasteiger partial charge in [-0.25, -0.2) is 4.68 Å². The predicted molar refractivity (Wildman–Crippen MR) is 110 cm³/mol. The summed E-state index contributed by atoms with van der Waals surface area (Å²) in [7, 11) is 0. The topological polar surface area (TPSA) is 113 Å². The van der Waals surface area contributed by atoms with Crippen molar-refractivity contribution in [2.75, 3.05) is 13.1 Å². The SMILES string of the molecule is C=CC(=O)N1C[C@H](c2cc3cc(-c4ccccc4O)nnc3[nH]2)[C@H](n2ccnn2)C1. The summed E-state index contributed by atoms with van der Waals surface area (Å²) in [5, 5.41) is 27.6. The average molecular weight is 401 g/mol. The van der Waals surface area contributed by atoms with Gasteiger partial charge in [0, 0.05) is 41.8 Å². The number of phenolic OH excluding ortho intramolecular Hbond substituents is 1. The average Bonchev–Trinajstić information content (AvgIpc) is 3.51.